The van der Waals surface area contributed by atoms with Gasteiger partial charge in [0, 0.05) is 11.5 Å². The number of hydrogen-bond donors (Lipinski definition) is 0. The third-order valence-electron chi connectivity index (χ3n) is 3.26. The molecule has 5 nitrogen and oxygen atoms in total. The molecule has 92 valence electrons. The molecule has 1 aromatic carbocycles. The lowest BCUT2D eigenvalue weighted by atomic mass is 9.94. The minimum atomic E-state index is -0.521. The van der Waals surface area contributed by atoms with Crippen molar-refractivity contribution in [1.82, 2.24) is 4.90 Å². The lowest BCUT2D eigenvalue weighted by molar-refractivity contribution is -0.521. The van der Waals surface area contributed by atoms with E-state index in [0.29, 0.717) is 6.54 Å². The lowest BCUT2D eigenvalue weighted by Crippen LogP contribution is -2.27. The summed E-state index contributed by atoms with van der Waals surface area (Å²) in [5, 5.41) is 11.0. The second kappa shape index (κ2) is 4.71. The summed E-state index contributed by atoms with van der Waals surface area (Å²) in [6.45, 7) is 1.23. The maximum atomic E-state index is 11.0. The highest BCUT2D eigenvalue weighted by Crippen LogP contribution is 2.30. The zero-order valence-corrected chi connectivity index (χ0v) is 10.00. The number of methoxy groups -OCH3 is 1. The van der Waals surface area contributed by atoms with Gasteiger partial charge in [-0.25, -0.2) is 0 Å². The van der Waals surface area contributed by atoms with E-state index in [2.05, 4.69) is 0 Å². The molecule has 0 radical (unpaired) electrons. The van der Waals surface area contributed by atoms with Gasteiger partial charge in [0.15, 0.2) is 0 Å². The predicted molar refractivity (Wildman–Crippen MR) is 64.0 cm³/mol. The summed E-state index contributed by atoms with van der Waals surface area (Å²) in [4.78, 5) is 12.9. The van der Waals surface area contributed by atoms with E-state index >= 15 is 0 Å². The summed E-state index contributed by atoms with van der Waals surface area (Å²) in [5.74, 6) is 0.698. The number of nitrogens with zero attached hydrogens (tertiary/aromatic N) is 2. The molecule has 0 spiro atoms. The van der Waals surface area contributed by atoms with Crippen molar-refractivity contribution in [2.24, 2.45) is 0 Å². The van der Waals surface area contributed by atoms with E-state index in [1.54, 1.807) is 7.11 Å². The molecule has 2 unspecified atom stereocenters. The van der Waals surface area contributed by atoms with Gasteiger partial charge in [-0.2, -0.15) is 0 Å². The minimum Gasteiger partial charge on any atom is -0.497 e. The van der Waals surface area contributed by atoms with Gasteiger partial charge in [-0.05, 0) is 24.7 Å². The number of benzene rings is 1. The maximum Gasteiger partial charge on any atom is 0.233 e. The number of likely N-dealkylation sites (N-methyl/N-ethyl adjacent to an activating group) is 1. The van der Waals surface area contributed by atoms with E-state index in [1.807, 2.05) is 36.2 Å². The Bertz CT molecular complexity index is 422. The lowest BCUT2D eigenvalue weighted by Gasteiger charge is -2.13. The monoisotopic (exact) mass is 236 g/mol. The first-order valence-corrected chi connectivity index (χ1v) is 5.58. The Morgan fingerprint density at radius 2 is 2.24 bits per heavy atom. The van der Waals surface area contributed by atoms with Crippen molar-refractivity contribution < 1.29 is 9.66 Å². The molecule has 0 saturated carbocycles. The fourth-order valence-corrected chi connectivity index (χ4v) is 2.39. The molecule has 2 rings (SSSR count). The van der Waals surface area contributed by atoms with Gasteiger partial charge in [0.2, 0.25) is 6.04 Å². The zero-order chi connectivity index (χ0) is 12.4. The number of hydrogen-bond acceptors (Lipinski definition) is 4. The molecule has 5 heteroatoms. The normalized spacial score (nSPS) is 24.8. The summed E-state index contributed by atoms with van der Waals surface area (Å²) >= 11 is 0. The second-order valence-electron chi connectivity index (χ2n) is 4.46. The third kappa shape index (κ3) is 2.39. The highest BCUT2D eigenvalue weighted by molar-refractivity contribution is 5.32. The zero-order valence-electron chi connectivity index (χ0n) is 10.00. The largest absolute Gasteiger partial charge is 0.497 e. The third-order valence-corrected chi connectivity index (χ3v) is 3.26. The predicted octanol–water partition coefficient (Wildman–Crippen LogP) is 1.37. The number of likely N-dealkylation sites (tertiary alicyclic amines) is 1. The number of nitro groups is 1. The van der Waals surface area contributed by atoms with Crippen LogP contribution >= 0.6 is 0 Å². The summed E-state index contributed by atoms with van der Waals surface area (Å²) in [5.41, 5.74) is 0.982. The van der Waals surface area contributed by atoms with Crippen LogP contribution in [0, 0.1) is 10.1 Å². The van der Waals surface area contributed by atoms with Gasteiger partial charge in [0.25, 0.3) is 0 Å². The molecule has 1 fully saturated rings. The Kier molecular flexibility index (Phi) is 3.28. The molecule has 1 aliphatic rings. The number of rotatable bonds is 3. The maximum absolute atomic E-state index is 11.0. The van der Waals surface area contributed by atoms with Crippen molar-refractivity contribution in [2.45, 2.75) is 12.0 Å². The smallest absolute Gasteiger partial charge is 0.233 e. The van der Waals surface area contributed by atoms with Crippen molar-refractivity contribution in [1.29, 1.82) is 0 Å². The van der Waals surface area contributed by atoms with E-state index in [-0.39, 0.29) is 10.8 Å². The summed E-state index contributed by atoms with van der Waals surface area (Å²) < 4.78 is 5.15. The van der Waals surface area contributed by atoms with Crippen LogP contribution in [0.3, 0.4) is 0 Å². The van der Waals surface area contributed by atoms with Gasteiger partial charge < -0.3 is 4.74 Å². The molecule has 1 saturated heterocycles. The Balaban J connectivity index is 2.28. The van der Waals surface area contributed by atoms with Crippen LogP contribution in [0.15, 0.2) is 24.3 Å². The Morgan fingerprint density at radius 1 is 1.47 bits per heavy atom. The van der Waals surface area contributed by atoms with E-state index in [9.17, 15) is 10.1 Å². The quantitative estimate of drug-likeness (QED) is 0.587. The topological polar surface area (TPSA) is 55.6 Å². The first-order valence-electron chi connectivity index (χ1n) is 5.58. The van der Waals surface area contributed by atoms with Crippen molar-refractivity contribution in [3.8, 4) is 5.75 Å². The van der Waals surface area contributed by atoms with Crippen molar-refractivity contribution in [3.05, 3.63) is 39.9 Å². The van der Waals surface area contributed by atoms with E-state index < -0.39 is 6.04 Å². The summed E-state index contributed by atoms with van der Waals surface area (Å²) in [6, 6.07) is 7.03. The van der Waals surface area contributed by atoms with Gasteiger partial charge in [-0.3, -0.25) is 15.0 Å². The Labute approximate surface area is 100 Å². The molecular formula is C12H16N2O3. The van der Waals surface area contributed by atoms with Crippen LogP contribution < -0.4 is 4.74 Å². The molecule has 1 aromatic rings. The average Bonchev–Trinajstić information content (AvgIpc) is 2.72. The van der Waals surface area contributed by atoms with Crippen molar-refractivity contribution in [3.63, 3.8) is 0 Å². The molecule has 0 bridgehead atoms. The highest BCUT2D eigenvalue weighted by Gasteiger charge is 2.40. The molecule has 0 aliphatic carbocycles. The Morgan fingerprint density at radius 3 is 2.88 bits per heavy atom. The molecule has 0 amide bonds. The van der Waals surface area contributed by atoms with E-state index in [4.69, 9.17) is 4.74 Å². The van der Waals surface area contributed by atoms with E-state index in [1.165, 1.54) is 0 Å². The van der Waals surface area contributed by atoms with Gasteiger partial charge in [0.1, 0.15) is 5.75 Å². The highest BCUT2D eigenvalue weighted by atomic mass is 16.6. The molecular weight excluding hydrogens is 220 g/mol. The summed E-state index contributed by atoms with van der Waals surface area (Å²) in [6.07, 6.45) is 0. The van der Waals surface area contributed by atoms with Crippen LogP contribution in [0.4, 0.5) is 0 Å². The standard InChI is InChI=1S/C12H16N2O3/c1-13-7-11(12(8-13)14(15)16)9-4-3-5-10(6-9)17-2/h3-6,11-12H,7-8H2,1-2H3. The van der Waals surface area contributed by atoms with Crippen molar-refractivity contribution >= 4 is 0 Å². The molecule has 2 atom stereocenters. The van der Waals surface area contributed by atoms with Gasteiger partial charge in [0.05, 0.1) is 19.6 Å². The summed E-state index contributed by atoms with van der Waals surface area (Å²) in [7, 11) is 3.52. The molecule has 1 heterocycles. The average molecular weight is 236 g/mol. The van der Waals surface area contributed by atoms with Crippen LogP contribution in [0.1, 0.15) is 11.5 Å². The SMILES string of the molecule is COc1cccc(C2CN(C)CC2[N+](=O)[O-])c1. The fourth-order valence-electron chi connectivity index (χ4n) is 2.39. The van der Waals surface area contributed by atoms with Gasteiger partial charge in [-0.1, -0.05) is 12.1 Å². The minimum absolute atomic E-state index is 0.0508. The van der Waals surface area contributed by atoms with Crippen LogP contribution in [0.2, 0.25) is 0 Å². The fraction of sp³-hybridized carbons (Fsp3) is 0.500. The molecule has 0 N–H and O–H groups in total. The van der Waals surface area contributed by atoms with Gasteiger partial charge in [-0.15, -0.1) is 0 Å². The molecule has 0 aromatic heterocycles. The first kappa shape index (κ1) is 11.9. The second-order valence-corrected chi connectivity index (χ2v) is 4.46. The Hall–Kier alpha value is -1.62. The van der Waals surface area contributed by atoms with Gasteiger partial charge >= 0.3 is 0 Å². The van der Waals surface area contributed by atoms with Crippen LogP contribution in [0.5, 0.6) is 5.75 Å². The van der Waals surface area contributed by atoms with Crippen molar-refractivity contribution in [2.75, 3.05) is 27.2 Å². The van der Waals surface area contributed by atoms with E-state index in [0.717, 1.165) is 17.9 Å². The van der Waals surface area contributed by atoms with Crippen LogP contribution in [0.25, 0.3) is 0 Å². The van der Waals surface area contributed by atoms with Crippen LogP contribution in [-0.4, -0.2) is 43.1 Å². The first-order chi connectivity index (χ1) is 8.11. The number of ether oxygens (including phenoxy) is 1. The molecule has 1 aliphatic heterocycles. The molecule has 17 heavy (non-hydrogen) atoms. The van der Waals surface area contributed by atoms with Crippen LogP contribution in [-0.2, 0) is 0 Å².